The van der Waals surface area contributed by atoms with Crippen molar-refractivity contribution in [2.45, 2.75) is 31.8 Å². The van der Waals surface area contributed by atoms with Gasteiger partial charge in [-0.1, -0.05) is 24.3 Å². The van der Waals surface area contributed by atoms with Crippen molar-refractivity contribution >= 4 is 34.8 Å². The van der Waals surface area contributed by atoms with Crippen LogP contribution in [0.4, 0.5) is 17.1 Å². The normalized spacial score (nSPS) is 22.3. The molecule has 3 aliphatic rings. The second-order valence-corrected chi connectivity index (χ2v) is 8.83. The van der Waals surface area contributed by atoms with Gasteiger partial charge in [0.1, 0.15) is 5.66 Å². The summed E-state index contributed by atoms with van der Waals surface area (Å²) < 4.78 is 5.44. The molecule has 8 heteroatoms. The summed E-state index contributed by atoms with van der Waals surface area (Å²) in [5.41, 5.74) is 2.13. The molecule has 5 rings (SSSR count). The van der Waals surface area contributed by atoms with Gasteiger partial charge in [-0.15, -0.1) is 0 Å². The summed E-state index contributed by atoms with van der Waals surface area (Å²) >= 11 is 0. The molecule has 2 aromatic carbocycles. The number of benzene rings is 2. The van der Waals surface area contributed by atoms with Gasteiger partial charge in [0.05, 0.1) is 35.8 Å². The minimum Gasteiger partial charge on any atom is -0.378 e. The molecule has 2 saturated heterocycles. The molecule has 3 aliphatic heterocycles. The van der Waals surface area contributed by atoms with Gasteiger partial charge in [0.25, 0.3) is 5.91 Å². The van der Waals surface area contributed by atoms with Crippen LogP contribution < -0.4 is 15.1 Å². The van der Waals surface area contributed by atoms with Crippen LogP contribution in [-0.4, -0.2) is 61.1 Å². The van der Waals surface area contributed by atoms with Crippen LogP contribution in [-0.2, 0) is 14.3 Å². The van der Waals surface area contributed by atoms with Crippen molar-refractivity contribution in [2.24, 2.45) is 0 Å². The summed E-state index contributed by atoms with van der Waals surface area (Å²) in [5.74, 6) is -0.297. The molecule has 2 aromatic rings. The van der Waals surface area contributed by atoms with Gasteiger partial charge >= 0.3 is 0 Å². The number of para-hydroxylation sites is 3. The van der Waals surface area contributed by atoms with Crippen LogP contribution in [0.25, 0.3) is 0 Å². The lowest BCUT2D eigenvalue weighted by molar-refractivity contribution is -0.117. The van der Waals surface area contributed by atoms with Crippen LogP contribution in [0.5, 0.6) is 0 Å². The number of ether oxygens (including phenoxy) is 1. The Kier molecular flexibility index (Phi) is 5.54. The Bertz CT molecular complexity index is 1100. The molecular weight excluding hydrogens is 420 g/mol. The second-order valence-electron chi connectivity index (χ2n) is 8.83. The molecule has 0 radical (unpaired) electrons. The number of nitrogens with one attached hydrogen (secondary N) is 1. The summed E-state index contributed by atoms with van der Waals surface area (Å²) in [5, 5.41) is 3.02. The summed E-state index contributed by atoms with van der Waals surface area (Å²) in [7, 11) is 0. The lowest BCUT2D eigenvalue weighted by Gasteiger charge is -2.48. The topological polar surface area (TPSA) is 82.2 Å². The van der Waals surface area contributed by atoms with Gasteiger partial charge in [0.2, 0.25) is 11.8 Å². The van der Waals surface area contributed by atoms with E-state index in [-0.39, 0.29) is 30.7 Å². The van der Waals surface area contributed by atoms with Crippen molar-refractivity contribution in [3.8, 4) is 0 Å². The third-order valence-electron chi connectivity index (χ3n) is 6.84. The highest BCUT2D eigenvalue weighted by molar-refractivity contribution is 6.10. The Hall–Kier alpha value is -3.39. The number of morpholine rings is 1. The quantitative estimate of drug-likeness (QED) is 0.761. The molecule has 0 bridgehead atoms. The van der Waals surface area contributed by atoms with Gasteiger partial charge in [-0.2, -0.15) is 0 Å². The van der Waals surface area contributed by atoms with Crippen molar-refractivity contribution in [1.29, 1.82) is 0 Å². The Balaban J connectivity index is 1.32. The lowest BCUT2D eigenvalue weighted by Crippen LogP contribution is -2.62. The molecule has 3 heterocycles. The van der Waals surface area contributed by atoms with Crippen LogP contribution in [0.2, 0.25) is 0 Å². The van der Waals surface area contributed by atoms with E-state index in [1.54, 1.807) is 21.9 Å². The molecule has 0 spiro atoms. The average Bonchev–Trinajstić information content (AvgIpc) is 3.15. The molecular formula is C25H28N4O4. The lowest BCUT2D eigenvalue weighted by atomic mass is 9.98. The molecule has 0 aliphatic carbocycles. The van der Waals surface area contributed by atoms with Gasteiger partial charge in [-0.25, -0.2) is 0 Å². The number of anilines is 3. The number of carbonyl (C=O) groups is 3. The Labute approximate surface area is 193 Å². The van der Waals surface area contributed by atoms with Crippen LogP contribution in [0.15, 0.2) is 48.5 Å². The number of hydrogen-bond acceptors (Lipinski definition) is 5. The van der Waals surface area contributed by atoms with E-state index >= 15 is 0 Å². The van der Waals surface area contributed by atoms with E-state index in [0.717, 1.165) is 24.5 Å². The van der Waals surface area contributed by atoms with E-state index in [4.69, 9.17) is 4.74 Å². The fourth-order valence-electron chi connectivity index (χ4n) is 5.13. The Morgan fingerprint density at radius 3 is 2.52 bits per heavy atom. The average molecular weight is 449 g/mol. The van der Waals surface area contributed by atoms with Gasteiger partial charge in [0.15, 0.2) is 0 Å². The number of carbonyl (C=O) groups excluding carboxylic acids is 3. The molecule has 3 amide bonds. The van der Waals surface area contributed by atoms with Gasteiger partial charge in [-0.3, -0.25) is 19.3 Å². The maximum Gasteiger partial charge on any atom is 0.257 e. The summed E-state index contributed by atoms with van der Waals surface area (Å²) in [4.78, 5) is 44.6. The molecule has 2 fully saturated rings. The Morgan fingerprint density at radius 1 is 1.03 bits per heavy atom. The third kappa shape index (κ3) is 3.74. The molecule has 0 saturated carbocycles. The molecule has 172 valence electrons. The third-order valence-corrected chi connectivity index (χ3v) is 6.84. The van der Waals surface area contributed by atoms with Crippen molar-refractivity contribution in [1.82, 2.24) is 4.90 Å². The highest BCUT2D eigenvalue weighted by atomic mass is 16.5. The zero-order valence-corrected chi connectivity index (χ0v) is 18.8. The number of fused-ring (bicyclic) bond motifs is 3. The molecule has 8 nitrogen and oxygen atoms in total. The fraction of sp³-hybridized carbons (Fsp3) is 0.400. The van der Waals surface area contributed by atoms with Crippen molar-refractivity contribution in [3.63, 3.8) is 0 Å². The maximum atomic E-state index is 13.3. The predicted molar refractivity (Wildman–Crippen MR) is 125 cm³/mol. The van der Waals surface area contributed by atoms with E-state index in [1.807, 2.05) is 43.3 Å². The molecule has 1 N–H and O–H groups in total. The van der Waals surface area contributed by atoms with E-state index < -0.39 is 5.66 Å². The molecule has 1 atom stereocenters. The van der Waals surface area contributed by atoms with Crippen molar-refractivity contribution < 1.29 is 19.1 Å². The largest absolute Gasteiger partial charge is 0.378 e. The summed E-state index contributed by atoms with van der Waals surface area (Å²) in [6.07, 6.45) is 1.07. The number of nitrogens with zero attached hydrogens (tertiary/aromatic N) is 3. The maximum absolute atomic E-state index is 13.3. The first kappa shape index (κ1) is 21.5. The van der Waals surface area contributed by atoms with Crippen LogP contribution in [0.3, 0.4) is 0 Å². The number of amides is 3. The van der Waals surface area contributed by atoms with Crippen LogP contribution >= 0.6 is 0 Å². The first-order chi connectivity index (χ1) is 16.0. The predicted octanol–water partition coefficient (Wildman–Crippen LogP) is 2.85. The molecule has 1 unspecified atom stereocenters. The van der Waals surface area contributed by atoms with E-state index in [0.29, 0.717) is 37.3 Å². The smallest absolute Gasteiger partial charge is 0.257 e. The van der Waals surface area contributed by atoms with E-state index in [2.05, 4.69) is 10.2 Å². The van der Waals surface area contributed by atoms with E-state index in [1.165, 1.54) is 0 Å². The standard InChI is InChI=1S/C25H28N4O4/c1-25-12-10-23(31)29(25)20-8-4-2-6-18(20)24(32)28(25)13-11-22(30)26-19-7-3-5-9-21(19)27-14-16-33-17-15-27/h2-9H,10-17H2,1H3,(H,26,30). The Morgan fingerprint density at radius 2 is 1.73 bits per heavy atom. The zero-order chi connectivity index (χ0) is 23.0. The molecule has 0 aromatic heterocycles. The van der Waals surface area contributed by atoms with E-state index in [9.17, 15) is 14.4 Å². The van der Waals surface area contributed by atoms with Crippen LogP contribution in [0, 0.1) is 0 Å². The van der Waals surface area contributed by atoms with Crippen molar-refractivity contribution in [2.75, 3.05) is 48.0 Å². The zero-order valence-electron chi connectivity index (χ0n) is 18.8. The minimum atomic E-state index is -0.755. The summed E-state index contributed by atoms with van der Waals surface area (Å²) in [6.45, 7) is 5.02. The fourth-order valence-corrected chi connectivity index (χ4v) is 5.13. The van der Waals surface area contributed by atoms with Crippen molar-refractivity contribution in [3.05, 3.63) is 54.1 Å². The summed E-state index contributed by atoms with van der Waals surface area (Å²) in [6, 6.07) is 14.9. The first-order valence-corrected chi connectivity index (χ1v) is 11.4. The second kappa shape index (κ2) is 8.51. The first-order valence-electron chi connectivity index (χ1n) is 11.4. The molecule has 33 heavy (non-hydrogen) atoms. The monoisotopic (exact) mass is 448 g/mol. The number of hydrogen-bond donors (Lipinski definition) is 1. The van der Waals surface area contributed by atoms with Gasteiger partial charge in [0, 0.05) is 32.5 Å². The van der Waals surface area contributed by atoms with Gasteiger partial charge in [-0.05, 0) is 37.6 Å². The highest BCUT2D eigenvalue weighted by Gasteiger charge is 2.52. The highest BCUT2D eigenvalue weighted by Crippen LogP contribution is 2.44. The SMILES string of the molecule is CC12CCC(=O)N1c1ccccc1C(=O)N2CCC(=O)Nc1ccccc1N1CCOCC1. The minimum absolute atomic E-state index is 0.00587. The number of rotatable bonds is 5. The van der Waals surface area contributed by atoms with Crippen LogP contribution in [0.1, 0.15) is 36.5 Å². The van der Waals surface area contributed by atoms with Gasteiger partial charge < -0.3 is 19.9 Å².